The maximum absolute atomic E-state index is 5.95. The van der Waals surface area contributed by atoms with E-state index in [-0.39, 0.29) is 12.8 Å². The Hall–Kier alpha value is -1.42. The van der Waals surface area contributed by atoms with Gasteiger partial charge in [-0.25, -0.2) is 0 Å². The van der Waals surface area contributed by atoms with Crippen LogP contribution >= 0.6 is 0 Å². The average molecular weight is 293 g/mol. The molecule has 1 atom stereocenters. The van der Waals surface area contributed by atoms with Crippen molar-refractivity contribution in [3.8, 4) is 17.2 Å². The maximum Gasteiger partial charge on any atom is 0.231 e. The highest BCUT2D eigenvalue weighted by Gasteiger charge is 2.18. The second-order valence-corrected chi connectivity index (χ2v) is 5.76. The largest absolute Gasteiger partial charge is 0.493 e. The summed E-state index contributed by atoms with van der Waals surface area (Å²) in [6, 6.07) is 4.03. The molecule has 0 amide bonds. The number of benzene rings is 1. The van der Waals surface area contributed by atoms with Crippen molar-refractivity contribution in [1.29, 1.82) is 0 Å². The molecule has 0 aromatic heterocycles. The van der Waals surface area contributed by atoms with E-state index in [2.05, 4.69) is 6.92 Å². The van der Waals surface area contributed by atoms with Gasteiger partial charge in [-0.1, -0.05) is 32.6 Å². The van der Waals surface area contributed by atoms with Crippen LogP contribution in [0, 0.1) is 0 Å². The summed E-state index contributed by atoms with van der Waals surface area (Å²) in [6.45, 7) is 5.26. The quantitative estimate of drug-likeness (QED) is 0.706. The normalized spacial score (nSPS) is 14.2. The average Bonchev–Trinajstić information content (AvgIpc) is 2.89. The molecule has 0 aliphatic carbocycles. The van der Waals surface area contributed by atoms with Crippen molar-refractivity contribution in [3.05, 3.63) is 17.7 Å². The zero-order valence-corrected chi connectivity index (χ0v) is 13.2. The molecule has 2 N–H and O–H groups in total. The second kappa shape index (κ2) is 8.13. The molecule has 21 heavy (non-hydrogen) atoms. The third kappa shape index (κ3) is 4.81. The molecule has 1 aliphatic rings. The molecule has 0 fully saturated rings. The fraction of sp³-hybridized carbons (Fsp3) is 0.647. The third-order valence-electron chi connectivity index (χ3n) is 3.60. The summed E-state index contributed by atoms with van der Waals surface area (Å²) in [6.07, 6.45) is 6.95. The Morgan fingerprint density at radius 1 is 1.14 bits per heavy atom. The van der Waals surface area contributed by atoms with E-state index >= 15 is 0 Å². The van der Waals surface area contributed by atoms with E-state index in [9.17, 15) is 0 Å². The number of fused-ring (bicyclic) bond motifs is 1. The Balaban J connectivity index is 1.93. The predicted octanol–water partition coefficient (Wildman–Crippen LogP) is 3.65. The predicted molar refractivity (Wildman–Crippen MR) is 84.2 cm³/mol. The molecule has 0 saturated heterocycles. The van der Waals surface area contributed by atoms with Crippen LogP contribution in [0.4, 0.5) is 0 Å². The summed E-state index contributed by atoms with van der Waals surface area (Å²) in [5, 5.41) is 0. The summed E-state index contributed by atoms with van der Waals surface area (Å²) in [7, 11) is 0. The molecule has 0 spiro atoms. The Morgan fingerprint density at radius 3 is 2.57 bits per heavy atom. The van der Waals surface area contributed by atoms with Gasteiger partial charge in [0.1, 0.15) is 5.75 Å². The number of ether oxygens (including phenoxy) is 3. The van der Waals surface area contributed by atoms with E-state index in [0.29, 0.717) is 0 Å². The Morgan fingerprint density at radius 2 is 1.86 bits per heavy atom. The topological polar surface area (TPSA) is 53.7 Å². The van der Waals surface area contributed by atoms with Crippen LogP contribution in [0.25, 0.3) is 0 Å². The number of hydrogen-bond donors (Lipinski definition) is 1. The highest BCUT2D eigenvalue weighted by molar-refractivity contribution is 5.52. The molecule has 1 aromatic carbocycles. The summed E-state index contributed by atoms with van der Waals surface area (Å²) in [4.78, 5) is 0. The Labute approximate surface area is 127 Å². The lowest BCUT2D eigenvalue weighted by atomic mass is 10.1. The van der Waals surface area contributed by atoms with E-state index in [1.165, 1.54) is 25.7 Å². The SMILES string of the molecule is CCCCCCCOc1cc2c(cc1CC(C)N)OCO2. The first-order chi connectivity index (χ1) is 10.2. The Kier molecular flexibility index (Phi) is 6.18. The monoisotopic (exact) mass is 293 g/mol. The van der Waals surface area contributed by atoms with Gasteiger partial charge in [-0.2, -0.15) is 0 Å². The molecule has 118 valence electrons. The van der Waals surface area contributed by atoms with Crippen molar-refractivity contribution in [2.75, 3.05) is 13.4 Å². The smallest absolute Gasteiger partial charge is 0.231 e. The van der Waals surface area contributed by atoms with Gasteiger partial charge in [-0.3, -0.25) is 0 Å². The van der Waals surface area contributed by atoms with Crippen LogP contribution in [0.1, 0.15) is 51.5 Å². The highest BCUT2D eigenvalue weighted by atomic mass is 16.7. The lowest BCUT2D eigenvalue weighted by Crippen LogP contribution is -2.18. The minimum atomic E-state index is 0.0947. The van der Waals surface area contributed by atoms with Crippen LogP contribution in [0.5, 0.6) is 17.2 Å². The van der Waals surface area contributed by atoms with Gasteiger partial charge in [-0.15, -0.1) is 0 Å². The van der Waals surface area contributed by atoms with Gasteiger partial charge in [0, 0.05) is 12.1 Å². The number of rotatable bonds is 9. The van der Waals surface area contributed by atoms with E-state index in [1.807, 2.05) is 19.1 Å². The van der Waals surface area contributed by atoms with Gasteiger partial charge < -0.3 is 19.9 Å². The van der Waals surface area contributed by atoms with Gasteiger partial charge in [-0.05, 0) is 31.4 Å². The van der Waals surface area contributed by atoms with Crippen molar-refractivity contribution < 1.29 is 14.2 Å². The lowest BCUT2D eigenvalue weighted by molar-refractivity contribution is 0.173. The molecule has 1 unspecified atom stereocenters. The first kappa shape index (κ1) is 16.0. The second-order valence-electron chi connectivity index (χ2n) is 5.76. The van der Waals surface area contributed by atoms with E-state index < -0.39 is 0 Å². The molecule has 4 nitrogen and oxygen atoms in total. The van der Waals surface area contributed by atoms with Crippen LogP contribution in [-0.2, 0) is 6.42 Å². The summed E-state index contributed by atoms with van der Waals surface area (Å²) in [5.74, 6) is 2.44. The standard InChI is InChI=1S/C17H27NO3/c1-3-4-5-6-7-8-19-15-11-17-16(20-12-21-17)10-14(15)9-13(2)18/h10-11,13H,3-9,12,18H2,1-2H3. The summed E-state index contributed by atoms with van der Waals surface area (Å²) < 4.78 is 16.8. The van der Waals surface area contributed by atoms with Gasteiger partial charge in [0.2, 0.25) is 6.79 Å². The zero-order valence-electron chi connectivity index (χ0n) is 13.2. The lowest BCUT2D eigenvalue weighted by Gasteiger charge is -2.14. The van der Waals surface area contributed by atoms with E-state index in [0.717, 1.165) is 42.3 Å². The molecule has 2 rings (SSSR count). The molecule has 1 aromatic rings. The Bertz CT molecular complexity index is 446. The van der Waals surface area contributed by atoms with Gasteiger partial charge in [0.15, 0.2) is 11.5 Å². The number of unbranched alkanes of at least 4 members (excludes halogenated alkanes) is 4. The van der Waals surface area contributed by atoms with Gasteiger partial charge in [0.25, 0.3) is 0 Å². The fourth-order valence-electron chi connectivity index (χ4n) is 2.49. The number of nitrogens with two attached hydrogens (primary N) is 1. The van der Waals surface area contributed by atoms with Crippen molar-refractivity contribution in [3.63, 3.8) is 0 Å². The molecule has 0 bridgehead atoms. The summed E-state index contributed by atoms with van der Waals surface area (Å²) >= 11 is 0. The van der Waals surface area contributed by atoms with Gasteiger partial charge in [0.05, 0.1) is 6.61 Å². The molecule has 1 aliphatic heterocycles. The molecule has 0 saturated carbocycles. The van der Waals surface area contributed by atoms with Crippen LogP contribution in [0.2, 0.25) is 0 Å². The van der Waals surface area contributed by atoms with Crippen molar-refractivity contribution in [2.24, 2.45) is 5.73 Å². The zero-order chi connectivity index (χ0) is 15.1. The van der Waals surface area contributed by atoms with Crippen molar-refractivity contribution in [1.82, 2.24) is 0 Å². The summed E-state index contributed by atoms with van der Waals surface area (Å²) in [5.41, 5.74) is 7.02. The van der Waals surface area contributed by atoms with Crippen LogP contribution in [-0.4, -0.2) is 19.4 Å². The first-order valence-electron chi connectivity index (χ1n) is 8.01. The highest BCUT2D eigenvalue weighted by Crippen LogP contribution is 2.38. The molecule has 0 radical (unpaired) electrons. The van der Waals surface area contributed by atoms with Crippen molar-refractivity contribution >= 4 is 0 Å². The fourth-order valence-corrected chi connectivity index (χ4v) is 2.49. The van der Waals surface area contributed by atoms with Gasteiger partial charge >= 0.3 is 0 Å². The van der Waals surface area contributed by atoms with E-state index in [1.54, 1.807) is 0 Å². The minimum Gasteiger partial charge on any atom is -0.493 e. The van der Waals surface area contributed by atoms with Crippen LogP contribution in [0.3, 0.4) is 0 Å². The van der Waals surface area contributed by atoms with Crippen molar-refractivity contribution in [2.45, 2.75) is 58.4 Å². The molecule has 1 heterocycles. The van der Waals surface area contributed by atoms with E-state index in [4.69, 9.17) is 19.9 Å². The minimum absolute atomic E-state index is 0.0947. The van der Waals surface area contributed by atoms with Crippen LogP contribution < -0.4 is 19.9 Å². The molecule has 4 heteroatoms. The number of hydrogen-bond acceptors (Lipinski definition) is 4. The molecular formula is C17H27NO3. The third-order valence-corrected chi connectivity index (χ3v) is 3.60. The maximum atomic E-state index is 5.95. The first-order valence-corrected chi connectivity index (χ1v) is 8.01. The molecular weight excluding hydrogens is 266 g/mol. The van der Waals surface area contributed by atoms with Crippen LogP contribution in [0.15, 0.2) is 12.1 Å².